The Morgan fingerprint density at radius 1 is 0.946 bits per heavy atom. The first kappa shape index (κ1) is 23.8. The van der Waals surface area contributed by atoms with Crippen LogP contribution in [0.5, 0.6) is 11.5 Å². The highest BCUT2D eigenvalue weighted by molar-refractivity contribution is 7.22. The molecule has 0 spiro atoms. The summed E-state index contributed by atoms with van der Waals surface area (Å²) in [5.41, 5.74) is 2.56. The number of benzene rings is 3. The van der Waals surface area contributed by atoms with E-state index in [0.717, 1.165) is 43.8 Å². The number of aromatic hydroxyl groups is 1. The third-order valence-corrected chi connectivity index (χ3v) is 8.23. The van der Waals surface area contributed by atoms with E-state index in [9.17, 15) is 9.90 Å². The molecule has 5 aromatic rings. The van der Waals surface area contributed by atoms with Crippen molar-refractivity contribution in [2.45, 2.75) is 25.7 Å². The van der Waals surface area contributed by atoms with Gasteiger partial charge in [0.15, 0.2) is 0 Å². The maximum atomic E-state index is 13.3. The van der Waals surface area contributed by atoms with Crippen LogP contribution in [0, 0.1) is 0 Å². The van der Waals surface area contributed by atoms with E-state index in [0.29, 0.717) is 24.2 Å². The second kappa shape index (κ2) is 10.4. The van der Waals surface area contributed by atoms with Gasteiger partial charge in [0.2, 0.25) is 0 Å². The number of fused-ring (bicyclic) bond motifs is 2. The lowest BCUT2D eigenvalue weighted by molar-refractivity contribution is 0.183. The number of ether oxygens (including phenoxy) is 1. The fourth-order valence-corrected chi connectivity index (χ4v) is 6.30. The highest BCUT2D eigenvalue weighted by Crippen LogP contribution is 2.37. The van der Waals surface area contributed by atoms with Crippen molar-refractivity contribution in [1.29, 1.82) is 0 Å². The van der Waals surface area contributed by atoms with E-state index < -0.39 is 5.63 Å². The number of rotatable bonds is 7. The minimum atomic E-state index is -0.391. The van der Waals surface area contributed by atoms with Crippen molar-refractivity contribution in [2.24, 2.45) is 0 Å². The lowest BCUT2D eigenvalue weighted by atomic mass is 9.96. The molecule has 6 heteroatoms. The van der Waals surface area contributed by atoms with Gasteiger partial charge in [-0.2, -0.15) is 0 Å². The first-order chi connectivity index (χ1) is 18.1. The molecule has 0 bridgehead atoms. The Hall–Kier alpha value is -3.61. The van der Waals surface area contributed by atoms with Crippen LogP contribution in [0.25, 0.3) is 31.5 Å². The van der Waals surface area contributed by atoms with Crippen LogP contribution in [0.15, 0.2) is 82.0 Å². The molecule has 2 aromatic heterocycles. The van der Waals surface area contributed by atoms with Crippen LogP contribution in [-0.4, -0.2) is 36.2 Å². The Kier molecular flexibility index (Phi) is 6.68. The number of phenols is 1. The van der Waals surface area contributed by atoms with E-state index in [-0.39, 0.29) is 5.75 Å². The maximum absolute atomic E-state index is 13.3. The van der Waals surface area contributed by atoms with Crippen LogP contribution in [0.4, 0.5) is 0 Å². The van der Waals surface area contributed by atoms with Crippen molar-refractivity contribution in [2.75, 3.05) is 26.2 Å². The fourth-order valence-electron chi connectivity index (χ4n) is 5.17. The molecule has 188 valence electrons. The van der Waals surface area contributed by atoms with Crippen LogP contribution in [-0.2, 0) is 6.42 Å². The summed E-state index contributed by atoms with van der Waals surface area (Å²) in [5.74, 6) is 0.926. The third-order valence-electron chi connectivity index (χ3n) is 7.10. The number of likely N-dealkylation sites (tertiary alicyclic amines) is 1. The molecular formula is C31H29NO4S. The van der Waals surface area contributed by atoms with E-state index in [1.165, 1.54) is 38.4 Å². The lowest BCUT2D eigenvalue weighted by Crippen LogP contribution is -2.33. The Bertz CT molecular complexity index is 1560. The van der Waals surface area contributed by atoms with Gasteiger partial charge in [-0.15, -0.1) is 11.3 Å². The SMILES string of the molecule is O=c1oc2cc(O)ccc2c(Cc2ccc(OCCN3CCCCC3)cc2)c1-c1cc2ccccc2s1. The van der Waals surface area contributed by atoms with E-state index in [4.69, 9.17) is 9.15 Å². The summed E-state index contributed by atoms with van der Waals surface area (Å²) < 4.78 is 12.8. The zero-order chi connectivity index (χ0) is 25.2. The second-order valence-corrected chi connectivity index (χ2v) is 10.7. The van der Waals surface area contributed by atoms with Gasteiger partial charge in [-0.25, -0.2) is 4.79 Å². The molecule has 1 aliphatic rings. The number of hydrogen-bond donors (Lipinski definition) is 1. The quantitative estimate of drug-likeness (QED) is 0.243. The van der Waals surface area contributed by atoms with Crippen LogP contribution >= 0.6 is 11.3 Å². The maximum Gasteiger partial charge on any atom is 0.345 e. The molecule has 0 aliphatic carbocycles. The van der Waals surface area contributed by atoms with Crippen molar-refractivity contribution in [1.82, 2.24) is 4.90 Å². The van der Waals surface area contributed by atoms with Crippen LogP contribution < -0.4 is 10.4 Å². The highest BCUT2D eigenvalue weighted by atomic mass is 32.1. The summed E-state index contributed by atoms with van der Waals surface area (Å²) >= 11 is 1.59. The van der Waals surface area contributed by atoms with Gasteiger partial charge in [0.1, 0.15) is 23.7 Å². The molecule has 0 saturated carbocycles. The van der Waals surface area contributed by atoms with Crippen molar-refractivity contribution >= 4 is 32.4 Å². The highest BCUT2D eigenvalue weighted by Gasteiger charge is 2.19. The fraction of sp³-hybridized carbons (Fsp3) is 0.258. The molecule has 1 fully saturated rings. The van der Waals surface area contributed by atoms with Gasteiger partial charge in [-0.3, -0.25) is 4.90 Å². The van der Waals surface area contributed by atoms with E-state index in [1.54, 1.807) is 17.4 Å². The average Bonchev–Trinajstić information content (AvgIpc) is 3.34. The Labute approximate surface area is 219 Å². The molecule has 0 amide bonds. The molecule has 1 saturated heterocycles. The summed E-state index contributed by atoms with van der Waals surface area (Å²) in [6.45, 7) is 3.98. The molecule has 3 heterocycles. The minimum absolute atomic E-state index is 0.0715. The van der Waals surface area contributed by atoms with Crippen molar-refractivity contribution in [3.8, 4) is 21.9 Å². The largest absolute Gasteiger partial charge is 0.508 e. The van der Waals surface area contributed by atoms with Gasteiger partial charge >= 0.3 is 5.63 Å². The van der Waals surface area contributed by atoms with Crippen molar-refractivity contribution in [3.63, 3.8) is 0 Å². The molecule has 0 radical (unpaired) electrons. The molecule has 0 atom stereocenters. The van der Waals surface area contributed by atoms with E-state index >= 15 is 0 Å². The third kappa shape index (κ3) is 5.13. The van der Waals surface area contributed by atoms with Gasteiger partial charge in [0, 0.05) is 27.6 Å². The van der Waals surface area contributed by atoms with E-state index in [2.05, 4.69) is 35.2 Å². The summed E-state index contributed by atoms with van der Waals surface area (Å²) in [4.78, 5) is 16.6. The average molecular weight is 512 g/mol. The van der Waals surface area contributed by atoms with Gasteiger partial charge in [0.05, 0.1) is 5.56 Å². The zero-order valence-electron chi connectivity index (χ0n) is 20.6. The molecule has 5 nitrogen and oxygen atoms in total. The van der Waals surface area contributed by atoms with Crippen molar-refractivity contribution in [3.05, 3.63) is 94.3 Å². The van der Waals surface area contributed by atoms with Gasteiger partial charge < -0.3 is 14.3 Å². The Morgan fingerprint density at radius 2 is 1.76 bits per heavy atom. The predicted octanol–water partition coefficient (Wildman–Crippen LogP) is 6.84. The molecule has 1 N–H and O–H groups in total. The monoisotopic (exact) mass is 511 g/mol. The normalized spacial score (nSPS) is 14.4. The second-order valence-electron chi connectivity index (χ2n) is 9.64. The first-order valence-corrected chi connectivity index (χ1v) is 13.7. The minimum Gasteiger partial charge on any atom is -0.508 e. The summed E-state index contributed by atoms with van der Waals surface area (Å²) in [5, 5.41) is 11.9. The molecule has 1 aliphatic heterocycles. The first-order valence-electron chi connectivity index (χ1n) is 12.9. The summed E-state index contributed by atoms with van der Waals surface area (Å²) in [6, 6.07) is 23.3. The summed E-state index contributed by atoms with van der Waals surface area (Å²) in [7, 11) is 0. The van der Waals surface area contributed by atoms with Gasteiger partial charge in [0.25, 0.3) is 0 Å². The van der Waals surface area contributed by atoms with Gasteiger partial charge in [-0.1, -0.05) is 36.8 Å². The molecule has 6 rings (SSSR count). The standard InChI is InChI=1S/C31H29NO4S/c33-23-10-13-25-26(18-21-8-11-24(12-9-21)35-17-16-32-14-4-1-5-15-32)30(31(34)36-27(25)20-23)29-19-22-6-2-3-7-28(22)37-29/h2-3,6-13,19-20,33H,1,4-5,14-18H2. The molecular weight excluding hydrogens is 482 g/mol. The zero-order valence-corrected chi connectivity index (χ0v) is 21.4. The Morgan fingerprint density at radius 3 is 2.57 bits per heavy atom. The summed E-state index contributed by atoms with van der Waals surface area (Å²) in [6.07, 6.45) is 4.46. The van der Waals surface area contributed by atoms with Crippen molar-refractivity contribution < 1.29 is 14.3 Å². The molecule has 37 heavy (non-hydrogen) atoms. The van der Waals surface area contributed by atoms with Gasteiger partial charge in [-0.05, 0) is 85.3 Å². The number of hydrogen-bond acceptors (Lipinski definition) is 6. The van der Waals surface area contributed by atoms with Crippen LogP contribution in [0.2, 0.25) is 0 Å². The van der Waals surface area contributed by atoms with E-state index in [1.807, 2.05) is 30.3 Å². The number of nitrogens with zero attached hydrogens (tertiary/aromatic N) is 1. The van der Waals surface area contributed by atoms with Crippen LogP contribution in [0.3, 0.4) is 0 Å². The lowest BCUT2D eigenvalue weighted by Gasteiger charge is -2.26. The number of phenolic OH excluding ortho intramolecular Hbond substituents is 1. The number of thiophene rings is 1. The predicted molar refractivity (Wildman–Crippen MR) is 150 cm³/mol. The topological polar surface area (TPSA) is 62.9 Å². The molecule has 0 unspecified atom stereocenters. The number of piperidine rings is 1. The van der Waals surface area contributed by atoms with Crippen LogP contribution in [0.1, 0.15) is 30.4 Å². The molecule has 3 aromatic carbocycles. The Balaban J connectivity index is 1.30. The smallest absolute Gasteiger partial charge is 0.345 e.